The van der Waals surface area contributed by atoms with Crippen molar-refractivity contribution in [2.75, 3.05) is 31.0 Å². The number of anilines is 2. The molecule has 0 spiro atoms. The van der Waals surface area contributed by atoms with Crippen molar-refractivity contribution >= 4 is 34.8 Å². The zero-order chi connectivity index (χ0) is 19.6. The Bertz CT molecular complexity index is 884. The molecule has 1 N–H and O–H groups in total. The predicted molar refractivity (Wildman–Crippen MR) is 105 cm³/mol. The Hall–Kier alpha value is -2.73. The van der Waals surface area contributed by atoms with Crippen molar-refractivity contribution in [3.05, 3.63) is 47.0 Å². The Morgan fingerprint density at radius 3 is 2.63 bits per heavy atom. The van der Waals surface area contributed by atoms with E-state index < -0.39 is 5.92 Å². The van der Waals surface area contributed by atoms with Crippen LogP contribution in [0, 0.1) is 12.8 Å². The molecule has 0 bridgehead atoms. The second-order valence-electron chi connectivity index (χ2n) is 6.35. The fraction of sp³-hybridized carbons (Fsp3) is 0.300. The molecule has 1 atom stereocenters. The highest BCUT2D eigenvalue weighted by atomic mass is 35.5. The minimum atomic E-state index is -0.441. The van der Waals surface area contributed by atoms with Gasteiger partial charge in [0.05, 0.1) is 20.1 Å². The lowest BCUT2D eigenvalue weighted by Gasteiger charge is -2.19. The number of nitrogens with zero attached hydrogens (tertiary/aromatic N) is 1. The molecule has 0 aliphatic carbocycles. The summed E-state index contributed by atoms with van der Waals surface area (Å²) in [4.78, 5) is 26.7. The maximum Gasteiger partial charge on any atom is 0.229 e. The molecule has 6 nitrogen and oxygen atoms in total. The van der Waals surface area contributed by atoms with E-state index in [1.54, 1.807) is 48.4 Å². The first-order valence-corrected chi connectivity index (χ1v) is 8.90. The number of hydrogen-bond acceptors (Lipinski definition) is 4. The van der Waals surface area contributed by atoms with E-state index in [4.69, 9.17) is 21.1 Å². The predicted octanol–water partition coefficient (Wildman–Crippen LogP) is 3.66. The summed E-state index contributed by atoms with van der Waals surface area (Å²) in [5, 5.41) is 3.46. The molecule has 1 saturated heterocycles. The summed E-state index contributed by atoms with van der Waals surface area (Å²) in [7, 11) is 3.09. The molecule has 7 heteroatoms. The molecule has 1 heterocycles. The van der Waals surface area contributed by atoms with E-state index in [1.807, 2.05) is 6.92 Å². The van der Waals surface area contributed by atoms with Crippen LogP contribution < -0.4 is 19.7 Å². The average molecular weight is 389 g/mol. The molecule has 2 aromatic rings. The largest absolute Gasteiger partial charge is 0.493 e. The van der Waals surface area contributed by atoms with Crippen LogP contribution in [0.25, 0.3) is 0 Å². The van der Waals surface area contributed by atoms with E-state index in [0.717, 1.165) is 5.56 Å². The Labute approximate surface area is 163 Å². The van der Waals surface area contributed by atoms with Crippen LogP contribution in [-0.4, -0.2) is 32.6 Å². The van der Waals surface area contributed by atoms with Gasteiger partial charge >= 0.3 is 0 Å². The van der Waals surface area contributed by atoms with Crippen molar-refractivity contribution in [2.45, 2.75) is 13.3 Å². The van der Waals surface area contributed by atoms with Crippen LogP contribution >= 0.6 is 11.6 Å². The van der Waals surface area contributed by atoms with Gasteiger partial charge in [-0.1, -0.05) is 17.7 Å². The molecule has 0 saturated carbocycles. The molecule has 27 heavy (non-hydrogen) atoms. The quantitative estimate of drug-likeness (QED) is 0.848. The van der Waals surface area contributed by atoms with Gasteiger partial charge in [-0.2, -0.15) is 0 Å². The molecule has 142 valence electrons. The zero-order valence-corrected chi connectivity index (χ0v) is 16.2. The van der Waals surface area contributed by atoms with E-state index >= 15 is 0 Å². The number of carbonyl (C=O) groups excluding carboxylic acids is 2. The lowest BCUT2D eigenvalue weighted by atomic mass is 10.1. The minimum Gasteiger partial charge on any atom is -0.493 e. The highest BCUT2D eigenvalue weighted by Gasteiger charge is 2.35. The van der Waals surface area contributed by atoms with E-state index in [0.29, 0.717) is 34.4 Å². The van der Waals surface area contributed by atoms with Gasteiger partial charge in [0.2, 0.25) is 11.8 Å². The molecular weight excluding hydrogens is 368 g/mol. The Balaban J connectivity index is 1.75. The first-order chi connectivity index (χ1) is 12.9. The third kappa shape index (κ3) is 3.85. The number of hydrogen-bond donors (Lipinski definition) is 1. The van der Waals surface area contributed by atoms with Gasteiger partial charge in [-0.3, -0.25) is 9.59 Å². The van der Waals surface area contributed by atoms with Gasteiger partial charge < -0.3 is 19.7 Å². The summed E-state index contributed by atoms with van der Waals surface area (Å²) in [6.07, 6.45) is 0.153. The van der Waals surface area contributed by atoms with E-state index in [-0.39, 0.29) is 18.2 Å². The molecule has 3 rings (SSSR count). The molecule has 1 unspecified atom stereocenters. The van der Waals surface area contributed by atoms with E-state index in [2.05, 4.69) is 5.32 Å². The number of carbonyl (C=O) groups is 2. The number of benzene rings is 2. The summed E-state index contributed by atoms with van der Waals surface area (Å²) in [6.45, 7) is 2.15. The second kappa shape index (κ2) is 7.88. The standard InChI is InChI=1S/C20H21ClN2O4/c1-12-15(21)5-4-6-16(12)22-20(25)13-9-19(24)23(11-13)14-7-8-17(26-2)18(10-14)27-3/h4-8,10,13H,9,11H2,1-3H3,(H,22,25). The van der Waals surface area contributed by atoms with Gasteiger partial charge in [-0.25, -0.2) is 0 Å². The topological polar surface area (TPSA) is 67.9 Å². The Morgan fingerprint density at radius 1 is 1.19 bits per heavy atom. The molecule has 1 aliphatic heterocycles. The van der Waals surface area contributed by atoms with Crippen molar-refractivity contribution in [2.24, 2.45) is 5.92 Å². The third-order valence-corrected chi connectivity index (χ3v) is 5.11. The van der Waals surface area contributed by atoms with Gasteiger partial charge in [0.15, 0.2) is 11.5 Å². The molecule has 0 radical (unpaired) electrons. The van der Waals surface area contributed by atoms with Crippen LogP contribution in [-0.2, 0) is 9.59 Å². The average Bonchev–Trinajstić information content (AvgIpc) is 3.06. The number of rotatable bonds is 5. The number of ether oxygens (including phenoxy) is 2. The number of nitrogens with one attached hydrogen (secondary N) is 1. The summed E-state index contributed by atoms with van der Waals surface area (Å²) in [5.74, 6) is 0.370. The van der Waals surface area contributed by atoms with Crippen LogP contribution in [0.5, 0.6) is 11.5 Å². The van der Waals surface area contributed by atoms with E-state index in [9.17, 15) is 9.59 Å². The summed E-state index contributed by atoms with van der Waals surface area (Å²) >= 11 is 6.10. The summed E-state index contributed by atoms with van der Waals surface area (Å²) < 4.78 is 10.5. The monoisotopic (exact) mass is 388 g/mol. The van der Waals surface area contributed by atoms with Crippen molar-refractivity contribution in [1.82, 2.24) is 0 Å². The maximum absolute atomic E-state index is 12.6. The third-order valence-electron chi connectivity index (χ3n) is 4.70. The maximum atomic E-state index is 12.6. The molecular formula is C20H21ClN2O4. The molecule has 0 aromatic heterocycles. The first-order valence-electron chi connectivity index (χ1n) is 8.53. The Morgan fingerprint density at radius 2 is 1.93 bits per heavy atom. The molecule has 1 aliphatic rings. The molecule has 2 aromatic carbocycles. The van der Waals surface area contributed by atoms with Crippen molar-refractivity contribution in [3.8, 4) is 11.5 Å². The number of methoxy groups -OCH3 is 2. The highest BCUT2D eigenvalue weighted by Crippen LogP contribution is 2.34. The van der Waals surface area contributed by atoms with Crippen LogP contribution in [0.3, 0.4) is 0 Å². The van der Waals surface area contributed by atoms with E-state index in [1.165, 1.54) is 7.11 Å². The SMILES string of the molecule is COc1ccc(N2CC(C(=O)Nc3cccc(Cl)c3C)CC2=O)cc1OC. The number of amides is 2. The normalized spacial score (nSPS) is 16.4. The van der Waals surface area contributed by atoms with Crippen LogP contribution in [0.2, 0.25) is 5.02 Å². The smallest absolute Gasteiger partial charge is 0.229 e. The summed E-state index contributed by atoms with van der Waals surface area (Å²) in [5.41, 5.74) is 2.13. The Kier molecular flexibility index (Phi) is 5.56. The second-order valence-corrected chi connectivity index (χ2v) is 6.75. The zero-order valence-electron chi connectivity index (χ0n) is 15.4. The fourth-order valence-electron chi connectivity index (χ4n) is 3.10. The fourth-order valence-corrected chi connectivity index (χ4v) is 3.28. The van der Waals surface area contributed by atoms with Crippen LogP contribution in [0.1, 0.15) is 12.0 Å². The van der Waals surface area contributed by atoms with Gasteiger partial charge in [0, 0.05) is 35.4 Å². The van der Waals surface area contributed by atoms with Crippen molar-refractivity contribution in [3.63, 3.8) is 0 Å². The minimum absolute atomic E-state index is 0.106. The lowest BCUT2D eigenvalue weighted by Crippen LogP contribution is -2.28. The van der Waals surface area contributed by atoms with Gasteiger partial charge in [0.25, 0.3) is 0 Å². The first kappa shape index (κ1) is 19.0. The summed E-state index contributed by atoms with van der Waals surface area (Å²) in [6, 6.07) is 10.6. The molecule has 1 fully saturated rings. The van der Waals surface area contributed by atoms with Gasteiger partial charge in [-0.15, -0.1) is 0 Å². The van der Waals surface area contributed by atoms with Crippen LogP contribution in [0.15, 0.2) is 36.4 Å². The highest BCUT2D eigenvalue weighted by molar-refractivity contribution is 6.31. The molecule has 2 amide bonds. The van der Waals surface area contributed by atoms with Gasteiger partial charge in [-0.05, 0) is 36.8 Å². The lowest BCUT2D eigenvalue weighted by molar-refractivity contribution is -0.122. The van der Waals surface area contributed by atoms with Crippen LogP contribution in [0.4, 0.5) is 11.4 Å². The van der Waals surface area contributed by atoms with Gasteiger partial charge in [0.1, 0.15) is 0 Å². The van der Waals surface area contributed by atoms with Crippen molar-refractivity contribution < 1.29 is 19.1 Å². The number of halogens is 1. The van der Waals surface area contributed by atoms with Crippen molar-refractivity contribution in [1.29, 1.82) is 0 Å².